The Hall–Kier alpha value is -1.12. The van der Waals surface area contributed by atoms with E-state index in [1.165, 1.54) is 4.31 Å². The second kappa shape index (κ2) is 6.65. The number of sulfonamides is 1. The van der Waals surface area contributed by atoms with Gasteiger partial charge in [0.25, 0.3) is 0 Å². The zero-order valence-corrected chi connectivity index (χ0v) is 14.0. The SMILES string of the molecule is O=S(=O)(c1ccc(C(F)(F)F)cc1)N1CCC(C2CCNC2)CC1. The molecule has 1 atom stereocenters. The van der Waals surface area contributed by atoms with E-state index < -0.39 is 21.8 Å². The number of halogens is 3. The normalized spacial score (nSPS) is 24.4. The largest absolute Gasteiger partial charge is 0.416 e. The second-order valence-corrected chi connectivity index (χ2v) is 8.45. The summed E-state index contributed by atoms with van der Waals surface area (Å²) in [5, 5.41) is 3.33. The lowest BCUT2D eigenvalue weighted by molar-refractivity contribution is -0.137. The van der Waals surface area contributed by atoms with Crippen LogP contribution in [0.15, 0.2) is 29.2 Å². The van der Waals surface area contributed by atoms with Gasteiger partial charge in [0, 0.05) is 13.1 Å². The Labute approximate surface area is 140 Å². The third-order valence-corrected chi connectivity index (χ3v) is 7.00. The van der Waals surface area contributed by atoms with Gasteiger partial charge in [0.1, 0.15) is 0 Å². The maximum atomic E-state index is 12.6. The van der Waals surface area contributed by atoms with Crippen molar-refractivity contribution in [3.8, 4) is 0 Å². The van der Waals surface area contributed by atoms with Crippen LogP contribution < -0.4 is 5.32 Å². The first kappa shape index (κ1) is 17.7. The van der Waals surface area contributed by atoms with Crippen LogP contribution in [-0.4, -0.2) is 38.9 Å². The fraction of sp³-hybridized carbons (Fsp3) is 0.625. The minimum Gasteiger partial charge on any atom is -0.316 e. The average Bonchev–Trinajstić information content (AvgIpc) is 3.09. The number of benzene rings is 1. The number of alkyl halides is 3. The Kier molecular flexibility index (Phi) is 4.90. The molecule has 2 aliphatic rings. The number of piperidine rings is 1. The molecule has 3 rings (SSSR count). The van der Waals surface area contributed by atoms with Gasteiger partial charge < -0.3 is 5.32 Å². The van der Waals surface area contributed by atoms with Crippen LogP contribution in [0.25, 0.3) is 0 Å². The fourth-order valence-corrected chi connectivity index (χ4v) is 5.10. The molecule has 0 amide bonds. The van der Waals surface area contributed by atoms with Crippen LogP contribution in [0.1, 0.15) is 24.8 Å². The number of hydrogen-bond donors (Lipinski definition) is 1. The molecule has 134 valence electrons. The molecule has 0 aromatic heterocycles. The summed E-state index contributed by atoms with van der Waals surface area (Å²) in [4.78, 5) is -0.0727. The molecule has 0 saturated carbocycles. The van der Waals surface area contributed by atoms with Crippen LogP contribution in [0.2, 0.25) is 0 Å². The van der Waals surface area contributed by atoms with Crippen LogP contribution in [0, 0.1) is 11.8 Å². The highest BCUT2D eigenvalue weighted by atomic mass is 32.2. The van der Waals surface area contributed by atoms with E-state index in [0.29, 0.717) is 24.9 Å². The van der Waals surface area contributed by atoms with E-state index in [-0.39, 0.29) is 4.90 Å². The maximum Gasteiger partial charge on any atom is 0.416 e. The Morgan fingerprint density at radius 2 is 1.62 bits per heavy atom. The third kappa shape index (κ3) is 3.60. The van der Waals surface area contributed by atoms with Crippen molar-refractivity contribution < 1.29 is 21.6 Å². The summed E-state index contributed by atoms with van der Waals surface area (Å²) in [5.74, 6) is 1.14. The van der Waals surface area contributed by atoms with E-state index >= 15 is 0 Å². The van der Waals surface area contributed by atoms with E-state index in [2.05, 4.69) is 5.32 Å². The summed E-state index contributed by atoms with van der Waals surface area (Å²) in [5.41, 5.74) is -0.839. The van der Waals surface area contributed by atoms with Gasteiger partial charge in [0.15, 0.2) is 0 Å². The molecule has 1 unspecified atom stereocenters. The second-order valence-electron chi connectivity index (χ2n) is 6.52. The summed E-state index contributed by atoms with van der Waals surface area (Å²) in [7, 11) is -3.72. The predicted octanol–water partition coefficient (Wildman–Crippen LogP) is 2.72. The quantitative estimate of drug-likeness (QED) is 0.900. The van der Waals surface area contributed by atoms with Gasteiger partial charge >= 0.3 is 6.18 Å². The molecule has 8 heteroatoms. The molecule has 0 spiro atoms. The topological polar surface area (TPSA) is 49.4 Å². The zero-order valence-electron chi connectivity index (χ0n) is 13.2. The lowest BCUT2D eigenvalue weighted by Gasteiger charge is -2.33. The monoisotopic (exact) mass is 362 g/mol. The van der Waals surface area contributed by atoms with Gasteiger partial charge in [-0.2, -0.15) is 17.5 Å². The average molecular weight is 362 g/mol. The van der Waals surface area contributed by atoms with Crippen molar-refractivity contribution in [2.24, 2.45) is 11.8 Å². The highest BCUT2D eigenvalue weighted by molar-refractivity contribution is 7.89. The molecule has 0 aliphatic carbocycles. The summed E-state index contributed by atoms with van der Waals surface area (Å²) in [6, 6.07) is 3.74. The van der Waals surface area contributed by atoms with Crippen LogP contribution in [0.4, 0.5) is 13.2 Å². The lowest BCUT2D eigenvalue weighted by atomic mass is 9.84. The zero-order chi connectivity index (χ0) is 17.4. The predicted molar refractivity (Wildman–Crippen MR) is 83.9 cm³/mol. The smallest absolute Gasteiger partial charge is 0.316 e. The maximum absolute atomic E-state index is 12.6. The minimum atomic E-state index is -4.46. The van der Waals surface area contributed by atoms with Gasteiger partial charge in [-0.15, -0.1) is 0 Å². The Bertz CT molecular complexity index is 660. The van der Waals surface area contributed by atoms with Crippen LogP contribution in [0.5, 0.6) is 0 Å². The van der Waals surface area contributed by atoms with Crippen molar-refractivity contribution in [2.75, 3.05) is 26.2 Å². The van der Waals surface area contributed by atoms with Crippen molar-refractivity contribution in [2.45, 2.75) is 30.3 Å². The molecule has 1 N–H and O–H groups in total. The summed E-state index contributed by atoms with van der Waals surface area (Å²) >= 11 is 0. The van der Waals surface area contributed by atoms with Crippen LogP contribution >= 0.6 is 0 Å². The Morgan fingerprint density at radius 1 is 1.00 bits per heavy atom. The van der Waals surface area contributed by atoms with E-state index in [4.69, 9.17) is 0 Å². The third-order valence-electron chi connectivity index (χ3n) is 5.08. The Morgan fingerprint density at radius 3 is 2.12 bits per heavy atom. The van der Waals surface area contributed by atoms with Crippen molar-refractivity contribution in [3.63, 3.8) is 0 Å². The van der Waals surface area contributed by atoms with Gasteiger partial charge in [-0.1, -0.05) is 0 Å². The summed E-state index contributed by atoms with van der Waals surface area (Å²) in [6.45, 7) is 2.89. The Balaban J connectivity index is 1.67. The first-order valence-electron chi connectivity index (χ1n) is 8.16. The van der Waals surface area contributed by atoms with E-state index in [1.54, 1.807) is 0 Å². The molecule has 2 saturated heterocycles. The van der Waals surface area contributed by atoms with Crippen LogP contribution in [-0.2, 0) is 16.2 Å². The van der Waals surface area contributed by atoms with Gasteiger partial charge in [0.05, 0.1) is 10.5 Å². The molecule has 0 radical (unpaired) electrons. The molecule has 4 nitrogen and oxygen atoms in total. The highest BCUT2D eigenvalue weighted by Crippen LogP contribution is 2.33. The number of nitrogens with zero attached hydrogens (tertiary/aromatic N) is 1. The summed E-state index contributed by atoms with van der Waals surface area (Å²) < 4.78 is 64.4. The first-order valence-corrected chi connectivity index (χ1v) is 9.60. The molecule has 1 aromatic carbocycles. The molecule has 0 bridgehead atoms. The number of nitrogens with one attached hydrogen (secondary N) is 1. The van der Waals surface area contributed by atoms with Crippen molar-refractivity contribution >= 4 is 10.0 Å². The van der Waals surface area contributed by atoms with Crippen molar-refractivity contribution in [1.82, 2.24) is 9.62 Å². The van der Waals surface area contributed by atoms with Gasteiger partial charge in [0.2, 0.25) is 10.0 Å². The molecule has 1 aromatic rings. The minimum absolute atomic E-state index is 0.0727. The van der Waals surface area contributed by atoms with Crippen LogP contribution in [0.3, 0.4) is 0 Å². The van der Waals surface area contributed by atoms with E-state index in [1.807, 2.05) is 0 Å². The number of hydrogen-bond acceptors (Lipinski definition) is 3. The van der Waals surface area contributed by atoms with Crippen molar-refractivity contribution in [3.05, 3.63) is 29.8 Å². The molecule has 24 heavy (non-hydrogen) atoms. The van der Waals surface area contributed by atoms with Gasteiger partial charge in [-0.3, -0.25) is 0 Å². The molecule has 2 aliphatic heterocycles. The lowest BCUT2D eigenvalue weighted by Crippen LogP contribution is -2.40. The van der Waals surface area contributed by atoms with Crippen molar-refractivity contribution in [1.29, 1.82) is 0 Å². The first-order chi connectivity index (χ1) is 11.3. The molecule has 2 fully saturated rings. The van der Waals surface area contributed by atoms with E-state index in [0.717, 1.165) is 56.6 Å². The summed E-state index contributed by atoms with van der Waals surface area (Å²) in [6.07, 6.45) is -1.70. The molecule has 2 heterocycles. The number of rotatable bonds is 3. The molecular formula is C16H21F3N2O2S. The standard InChI is InChI=1S/C16H21F3N2O2S/c17-16(18,19)14-1-3-15(4-2-14)24(22,23)21-9-6-12(7-10-21)13-5-8-20-11-13/h1-4,12-13,20H,5-11H2. The van der Waals surface area contributed by atoms with Gasteiger partial charge in [-0.25, -0.2) is 8.42 Å². The molecular weight excluding hydrogens is 341 g/mol. The fourth-order valence-electron chi connectivity index (χ4n) is 3.63. The van der Waals surface area contributed by atoms with Gasteiger partial charge in [-0.05, 0) is 68.5 Å². The highest BCUT2D eigenvalue weighted by Gasteiger charge is 2.34. The van der Waals surface area contributed by atoms with E-state index in [9.17, 15) is 21.6 Å².